The molecule has 0 unspecified atom stereocenters. The third-order valence-corrected chi connectivity index (χ3v) is 4.88. The van der Waals surface area contributed by atoms with Crippen molar-refractivity contribution in [2.24, 2.45) is 0 Å². The summed E-state index contributed by atoms with van der Waals surface area (Å²) in [5, 5.41) is 11.4. The van der Waals surface area contributed by atoms with E-state index in [4.69, 9.17) is 9.84 Å². The lowest BCUT2D eigenvalue weighted by molar-refractivity contribution is -0.133. The Morgan fingerprint density at radius 2 is 1.86 bits per heavy atom. The van der Waals surface area contributed by atoms with E-state index in [1.807, 2.05) is 59.2 Å². The van der Waals surface area contributed by atoms with E-state index >= 15 is 0 Å². The first kappa shape index (κ1) is 19.8. The van der Waals surface area contributed by atoms with Crippen LogP contribution in [0.3, 0.4) is 0 Å². The summed E-state index contributed by atoms with van der Waals surface area (Å²) < 4.78 is 7.65. The van der Waals surface area contributed by atoms with Crippen LogP contribution in [-0.2, 0) is 22.7 Å². The quantitative estimate of drug-likeness (QED) is 0.509. The Labute approximate surface area is 166 Å². The van der Waals surface area contributed by atoms with Gasteiger partial charge in [-0.2, -0.15) is 0 Å². The van der Waals surface area contributed by atoms with Gasteiger partial charge in [-0.25, -0.2) is 4.98 Å². The van der Waals surface area contributed by atoms with Crippen LogP contribution in [0.15, 0.2) is 54.6 Å². The van der Waals surface area contributed by atoms with Crippen LogP contribution in [0.4, 0.5) is 0 Å². The highest BCUT2D eigenvalue weighted by atomic mass is 32.2. The number of fused-ring (bicyclic) bond motifs is 1. The van der Waals surface area contributed by atoms with E-state index < -0.39 is 5.97 Å². The zero-order valence-corrected chi connectivity index (χ0v) is 16.0. The molecule has 7 nitrogen and oxygen atoms in total. The number of carboxylic acid groups (broad SMARTS) is 1. The molecular formula is C20H21N3O4S. The molecule has 1 aromatic heterocycles. The number of benzene rings is 2. The molecule has 0 saturated heterocycles. The van der Waals surface area contributed by atoms with Gasteiger partial charge in [0.05, 0.1) is 16.8 Å². The van der Waals surface area contributed by atoms with Gasteiger partial charge in [0.25, 0.3) is 0 Å². The topological polar surface area (TPSA) is 93.5 Å². The maximum Gasteiger partial charge on any atom is 0.313 e. The first-order valence-corrected chi connectivity index (χ1v) is 9.97. The van der Waals surface area contributed by atoms with Crippen LogP contribution in [0.2, 0.25) is 0 Å². The van der Waals surface area contributed by atoms with Crippen LogP contribution in [0.5, 0.6) is 5.75 Å². The first-order chi connectivity index (χ1) is 13.6. The number of aliphatic carboxylic acids is 1. The molecule has 0 aliphatic carbocycles. The zero-order valence-electron chi connectivity index (χ0n) is 15.2. The molecule has 0 fully saturated rings. The Bertz CT molecular complexity index is 943. The second-order valence-corrected chi connectivity index (χ2v) is 7.11. The lowest BCUT2D eigenvalue weighted by Crippen LogP contribution is -2.30. The monoisotopic (exact) mass is 399 g/mol. The minimum atomic E-state index is -0.857. The number of carbonyl (C=O) groups excluding carboxylic acids is 1. The number of thioether (sulfide) groups is 1. The standard InChI is InChI=1S/C20H21N3O4S/c24-19(21-10-11-28-14-20(25)26)12-23-17-9-5-4-8-16(17)22-18(23)13-27-15-6-2-1-3-7-15/h1-9H,10-14H2,(H,21,24)(H,25,26). The van der Waals surface area contributed by atoms with E-state index in [2.05, 4.69) is 10.3 Å². The highest BCUT2D eigenvalue weighted by molar-refractivity contribution is 7.99. The third kappa shape index (κ3) is 5.50. The summed E-state index contributed by atoms with van der Waals surface area (Å²) in [6.07, 6.45) is 0. The molecule has 0 aliphatic heterocycles. The lowest BCUT2D eigenvalue weighted by Gasteiger charge is -2.11. The first-order valence-electron chi connectivity index (χ1n) is 8.81. The van der Waals surface area contributed by atoms with E-state index in [0.717, 1.165) is 16.8 Å². The van der Waals surface area contributed by atoms with Crippen molar-refractivity contribution in [3.05, 3.63) is 60.4 Å². The second kappa shape index (κ2) is 9.80. The molecule has 146 valence electrons. The molecule has 0 bridgehead atoms. The zero-order chi connectivity index (χ0) is 19.8. The fraction of sp³-hybridized carbons (Fsp3) is 0.250. The van der Waals surface area contributed by atoms with Gasteiger partial charge in [-0.15, -0.1) is 11.8 Å². The Morgan fingerprint density at radius 1 is 1.11 bits per heavy atom. The molecular weight excluding hydrogens is 378 g/mol. The van der Waals surface area contributed by atoms with Gasteiger partial charge in [0.1, 0.15) is 24.7 Å². The van der Waals surface area contributed by atoms with Gasteiger partial charge in [-0.1, -0.05) is 30.3 Å². The van der Waals surface area contributed by atoms with E-state index in [1.165, 1.54) is 11.8 Å². The van der Waals surface area contributed by atoms with Crippen LogP contribution >= 0.6 is 11.8 Å². The molecule has 0 atom stereocenters. The molecule has 28 heavy (non-hydrogen) atoms. The molecule has 2 aromatic carbocycles. The summed E-state index contributed by atoms with van der Waals surface area (Å²) in [5.41, 5.74) is 1.67. The van der Waals surface area contributed by atoms with Crippen molar-refractivity contribution < 1.29 is 19.4 Å². The van der Waals surface area contributed by atoms with Gasteiger partial charge in [0.2, 0.25) is 5.91 Å². The number of rotatable bonds is 10. The minimum Gasteiger partial charge on any atom is -0.486 e. The number of hydrogen-bond donors (Lipinski definition) is 2. The Balaban J connectivity index is 1.65. The van der Waals surface area contributed by atoms with Crippen LogP contribution in [0.25, 0.3) is 11.0 Å². The van der Waals surface area contributed by atoms with Gasteiger partial charge in [0, 0.05) is 12.3 Å². The molecule has 1 amide bonds. The number of imidazole rings is 1. The number of nitrogens with one attached hydrogen (secondary N) is 1. The SMILES string of the molecule is O=C(O)CSCCNC(=O)Cn1c(COc2ccccc2)nc2ccccc21. The van der Waals surface area contributed by atoms with E-state index in [0.29, 0.717) is 18.1 Å². The third-order valence-electron chi connectivity index (χ3n) is 3.94. The second-order valence-electron chi connectivity index (χ2n) is 6.00. The van der Waals surface area contributed by atoms with Crippen LogP contribution in [0, 0.1) is 0 Å². The van der Waals surface area contributed by atoms with E-state index in [1.54, 1.807) is 0 Å². The molecule has 1 heterocycles. The molecule has 3 rings (SSSR count). The number of carbonyl (C=O) groups is 2. The Hall–Kier alpha value is -3.00. The number of hydrogen-bond acceptors (Lipinski definition) is 5. The van der Waals surface area contributed by atoms with Gasteiger partial charge >= 0.3 is 5.97 Å². The molecule has 0 radical (unpaired) electrons. The summed E-state index contributed by atoms with van der Waals surface area (Å²) in [6.45, 7) is 0.789. The van der Waals surface area contributed by atoms with Crippen molar-refractivity contribution in [1.82, 2.24) is 14.9 Å². The fourth-order valence-electron chi connectivity index (χ4n) is 2.70. The number of amides is 1. The molecule has 8 heteroatoms. The van der Waals surface area contributed by atoms with Crippen molar-refractivity contribution in [3.8, 4) is 5.75 Å². The lowest BCUT2D eigenvalue weighted by atomic mass is 10.3. The van der Waals surface area contributed by atoms with Crippen molar-refractivity contribution in [1.29, 1.82) is 0 Å². The van der Waals surface area contributed by atoms with E-state index in [-0.39, 0.29) is 24.8 Å². The normalized spacial score (nSPS) is 10.7. The molecule has 2 N–H and O–H groups in total. The number of carboxylic acids is 1. The van der Waals surface area contributed by atoms with Crippen molar-refractivity contribution >= 4 is 34.7 Å². The summed E-state index contributed by atoms with van der Waals surface area (Å²) in [5.74, 6) is 0.973. The average molecular weight is 399 g/mol. The van der Waals surface area contributed by atoms with Gasteiger partial charge in [0.15, 0.2) is 0 Å². The summed E-state index contributed by atoms with van der Waals surface area (Å²) in [7, 11) is 0. The fourth-order valence-corrected chi connectivity index (χ4v) is 3.26. The van der Waals surface area contributed by atoms with Crippen molar-refractivity contribution in [2.75, 3.05) is 18.1 Å². The number of nitrogens with zero attached hydrogens (tertiary/aromatic N) is 2. The predicted octanol–water partition coefficient (Wildman–Crippen LogP) is 2.55. The van der Waals surface area contributed by atoms with Gasteiger partial charge < -0.3 is 19.7 Å². The van der Waals surface area contributed by atoms with Crippen molar-refractivity contribution in [3.63, 3.8) is 0 Å². The number of ether oxygens (including phenoxy) is 1. The average Bonchev–Trinajstić information content (AvgIpc) is 3.04. The van der Waals surface area contributed by atoms with Crippen LogP contribution < -0.4 is 10.1 Å². The largest absolute Gasteiger partial charge is 0.486 e. The molecule has 0 saturated carbocycles. The smallest absolute Gasteiger partial charge is 0.313 e. The van der Waals surface area contributed by atoms with Crippen LogP contribution in [-0.4, -0.2) is 44.6 Å². The molecule has 3 aromatic rings. The van der Waals surface area contributed by atoms with Crippen LogP contribution in [0.1, 0.15) is 5.82 Å². The number of aromatic nitrogens is 2. The predicted molar refractivity (Wildman–Crippen MR) is 108 cm³/mol. The molecule has 0 aliphatic rings. The maximum absolute atomic E-state index is 12.4. The highest BCUT2D eigenvalue weighted by Gasteiger charge is 2.14. The summed E-state index contributed by atoms with van der Waals surface area (Å²) >= 11 is 1.27. The van der Waals surface area contributed by atoms with E-state index in [9.17, 15) is 9.59 Å². The highest BCUT2D eigenvalue weighted by Crippen LogP contribution is 2.18. The Morgan fingerprint density at radius 3 is 2.64 bits per heavy atom. The van der Waals surface area contributed by atoms with Gasteiger partial charge in [-0.3, -0.25) is 9.59 Å². The van der Waals surface area contributed by atoms with Crippen molar-refractivity contribution in [2.45, 2.75) is 13.2 Å². The summed E-state index contributed by atoms with van der Waals surface area (Å²) in [4.78, 5) is 27.5. The maximum atomic E-state index is 12.4. The Kier molecular flexibility index (Phi) is 6.91. The number of para-hydroxylation sites is 3. The van der Waals surface area contributed by atoms with Gasteiger partial charge in [-0.05, 0) is 24.3 Å². The minimum absolute atomic E-state index is 0.0308. The summed E-state index contributed by atoms with van der Waals surface area (Å²) in [6, 6.07) is 17.1. The molecule has 0 spiro atoms.